The van der Waals surface area contributed by atoms with Crippen LogP contribution in [0.3, 0.4) is 0 Å². The molecule has 0 bridgehead atoms. The fourth-order valence-electron chi connectivity index (χ4n) is 4.51. The van der Waals surface area contributed by atoms with Crippen LogP contribution in [0.15, 0.2) is 91.0 Å². The Morgan fingerprint density at radius 3 is 1.42 bits per heavy atom. The third kappa shape index (κ3) is 5.62. The molecule has 2 N–H and O–H groups in total. The molecule has 3 aromatic carbocycles. The van der Waals surface area contributed by atoms with E-state index in [1.54, 1.807) is 0 Å². The van der Waals surface area contributed by atoms with E-state index in [4.69, 9.17) is 0 Å². The predicted octanol–water partition coefficient (Wildman–Crippen LogP) is 5.05. The van der Waals surface area contributed by atoms with Gasteiger partial charge in [0.15, 0.2) is 0 Å². The highest BCUT2D eigenvalue weighted by molar-refractivity contribution is 5.49. The van der Waals surface area contributed by atoms with Crippen LogP contribution in [-0.2, 0) is 5.54 Å². The van der Waals surface area contributed by atoms with Gasteiger partial charge in [0.2, 0.25) is 0 Å². The third-order valence-electron chi connectivity index (χ3n) is 5.82. The fraction of sp³-hybridized carbons (Fsp3) is 0.357. The average molecular weight is 417 g/mol. The van der Waals surface area contributed by atoms with E-state index in [-0.39, 0.29) is 12.6 Å². The van der Waals surface area contributed by atoms with E-state index in [1.165, 1.54) is 16.7 Å². The van der Waals surface area contributed by atoms with Gasteiger partial charge in [0.1, 0.15) is 0 Å². The summed E-state index contributed by atoms with van der Waals surface area (Å²) in [4.78, 5) is 2.46. The second-order valence-electron chi connectivity index (χ2n) is 8.17. The molecule has 3 heteroatoms. The Morgan fingerprint density at radius 2 is 1.10 bits per heavy atom. The van der Waals surface area contributed by atoms with Crippen LogP contribution in [0.5, 0.6) is 0 Å². The monoisotopic (exact) mass is 416 g/mol. The molecule has 0 heterocycles. The lowest BCUT2D eigenvalue weighted by molar-refractivity contribution is 0.165. The number of aliphatic hydroxyl groups excluding tert-OH is 1. The minimum atomic E-state index is -0.554. The third-order valence-corrected chi connectivity index (χ3v) is 5.82. The van der Waals surface area contributed by atoms with Gasteiger partial charge < -0.3 is 10.0 Å². The number of rotatable bonds is 12. The van der Waals surface area contributed by atoms with Crippen molar-refractivity contribution < 1.29 is 5.11 Å². The van der Waals surface area contributed by atoms with E-state index in [0.29, 0.717) is 0 Å². The molecule has 0 fully saturated rings. The first-order valence-corrected chi connectivity index (χ1v) is 11.5. The number of hydrogen-bond acceptors (Lipinski definition) is 3. The van der Waals surface area contributed by atoms with Crippen molar-refractivity contribution in [3.8, 4) is 0 Å². The number of benzene rings is 3. The molecule has 0 saturated carbocycles. The maximum atomic E-state index is 10.4. The summed E-state index contributed by atoms with van der Waals surface area (Å²) in [5, 5.41) is 14.3. The molecule has 0 amide bonds. The minimum absolute atomic E-state index is 0.0706. The molecule has 1 atom stereocenters. The van der Waals surface area contributed by atoms with Gasteiger partial charge in [-0.3, -0.25) is 5.32 Å². The molecule has 0 radical (unpaired) electrons. The van der Waals surface area contributed by atoms with Gasteiger partial charge in [0, 0.05) is 12.6 Å². The molecule has 31 heavy (non-hydrogen) atoms. The summed E-state index contributed by atoms with van der Waals surface area (Å²) in [7, 11) is 0. The molecule has 0 saturated heterocycles. The van der Waals surface area contributed by atoms with E-state index >= 15 is 0 Å². The highest BCUT2D eigenvalue weighted by Crippen LogP contribution is 2.37. The van der Waals surface area contributed by atoms with E-state index < -0.39 is 5.54 Å². The summed E-state index contributed by atoms with van der Waals surface area (Å²) in [6.45, 7) is 7.41. The van der Waals surface area contributed by atoms with Crippen LogP contribution in [0.1, 0.15) is 43.4 Å². The average Bonchev–Trinajstić information content (AvgIpc) is 2.84. The first-order chi connectivity index (χ1) is 15.2. The molecule has 0 aliphatic heterocycles. The van der Waals surface area contributed by atoms with Gasteiger partial charge in [-0.2, -0.15) is 0 Å². The Labute approximate surface area is 187 Å². The lowest BCUT2D eigenvalue weighted by Gasteiger charge is -2.41. The van der Waals surface area contributed by atoms with Crippen LogP contribution in [0.2, 0.25) is 0 Å². The van der Waals surface area contributed by atoms with Gasteiger partial charge in [-0.05, 0) is 42.6 Å². The zero-order valence-corrected chi connectivity index (χ0v) is 18.9. The van der Waals surface area contributed by atoms with Gasteiger partial charge in [0.05, 0.1) is 12.1 Å². The SMILES string of the molecule is CCCN(CCC)C[C@@H](CO)NC(c1ccccc1)(c1ccccc1)c1ccccc1. The topological polar surface area (TPSA) is 35.5 Å². The molecule has 3 aromatic rings. The standard InChI is InChI=1S/C28H36N2O/c1-3-20-30(21-4-2)22-27(23-31)29-28(24-14-8-5-9-15-24,25-16-10-6-11-17-25)26-18-12-7-13-19-26/h5-19,27,29,31H,3-4,20-23H2,1-2H3/t27-/m0/s1. The van der Waals surface area contributed by atoms with Gasteiger partial charge >= 0.3 is 0 Å². The molecule has 0 aliphatic rings. The molecular formula is C28H36N2O. The van der Waals surface area contributed by atoms with Gasteiger partial charge in [-0.25, -0.2) is 0 Å². The Kier molecular flexibility index (Phi) is 8.84. The molecule has 0 aliphatic carbocycles. The zero-order chi connectivity index (χ0) is 21.9. The molecule has 3 nitrogen and oxygen atoms in total. The maximum absolute atomic E-state index is 10.4. The van der Waals surface area contributed by atoms with Crippen molar-refractivity contribution in [3.05, 3.63) is 108 Å². The van der Waals surface area contributed by atoms with E-state index in [1.807, 2.05) is 0 Å². The summed E-state index contributed by atoms with van der Waals surface area (Å²) in [5.41, 5.74) is 2.96. The number of nitrogens with one attached hydrogen (secondary N) is 1. The Bertz CT molecular complexity index is 765. The number of aliphatic hydroxyl groups is 1. The second kappa shape index (κ2) is 11.8. The quantitative estimate of drug-likeness (QED) is 0.406. The largest absolute Gasteiger partial charge is 0.395 e. The summed E-state index contributed by atoms with van der Waals surface area (Å²) < 4.78 is 0. The Hall–Kier alpha value is -2.46. The Balaban J connectivity index is 2.11. The van der Waals surface area contributed by atoms with E-state index in [2.05, 4.69) is 115 Å². The van der Waals surface area contributed by atoms with Crippen molar-refractivity contribution in [1.82, 2.24) is 10.2 Å². The molecule has 0 unspecified atom stereocenters. The first-order valence-electron chi connectivity index (χ1n) is 11.5. The second-order valence-corrected chi connectivity index (χ2v) is 8.17. The summed E-state index contributed by atoms with van der Waals surface area (Å²) in [5.74, 6) is 0. The number of nitrogens with zero attached hydrogens (tertiary/aromatic N) is 1. The van der Waals surface area contributed by atoms with Gasteiger partial charge in [-0.15, -0.1) is 0 Å². The zero-order valence-electron chi connectivity index (χ0n) is 18.9. The number of hydrogen-bond donors (Lipinski definition) is 2. The lowest BCUT2D eigenvalue weighted by atomic mass is 9.76. The van der Waals surface area contributed by atoms with Crippen LogP contribution in [0.25, 0.3) is 0 Å². The van der Waals surface area contributed by atoms with Crippen molar-refractivity contribution in [3.63, 3.8) is 0 Å². The van der Waals surface area contributed by atoms with Gasteiger partial charge in [-0.1, -0.05) is 105 Å². The molecule has 0 spiro atoms. The van der Waals surface area contributed by atoms with Crippen LogP contribution in [-0.4, -0.2) is 42.3 Å². The first kappa shape index (κ1) is 23.2. The van der Waals surface area contributed by atoms with Crippen molar-refractivity contribution in [1.29, 1.82) is 0 Å². The maximum Gasteiger partial charge on any atom is 0.0951 e. The van der Waals surface area contributed by atoms with Crippen LogP contribution >= 0.6 is 0 Å². The smallest absolute Gasteiger partial charge is 0.0951 e. The van der Waals surface area contributed by atoms with E-state index in [0.717, 1.165) is 32.5 Å². The highest BCUT2D eigenvalue weighted by atomic mass is 16.3. The summed E-state index contributed by atoms with van der Waals surface area (Å²) in [6.07, 6.45) is 2.22. The van der Waals surface area contributed by atoms with Crippen molar-refractivity contribution >= 4 is 0 Å². The van der Waals surface area contributed by atoms with Crippen molar-refractivity contribution in [2.24, 2.45) is 0 Å². The molecule has 164 valence electrons. The molecule has 0 aromatic heterocycles. The van der Waals surface area contributed by atoms with Crippen molar-refractivity contribution in [2.75, 3.05) is 26.2 Å². The van der Waals surface area contributed by atoms with Crippen LogP contribution < -0.4 is 5.32 Å². The molecular weight excluding hydrogens is 380 g/mol. The predicted molar refractivity (Wildman–Crippen MR) is 130 cm³/mol. The normalized spacial score (nSPS) is 12.8. The molecule has 3 rings (SSSR count). The fourth-order valence-corrected chi connectivity index (χ4v) is 4.51. The lowest BCUT2D eigenvalue weighted by Crippen LogP contribution is -2.54. The summed E-state index contributed by atoms with van der Waals surface area (Å²) >= 11 is 0. The Morgan fingerprint density at radius 1 is 0.710 bits per heavy atom. The van der Waals surface area contributed by atoms with Crippen LogP contribution in [0, 0.1) is 0 Å². The van der Waals surface area contributed by atoms with Gasteiger partial charge in [0.25, 0.3) is 0 Å². The minimum Gasteiger partial charge on any atom is -0.395 e. The van der Waals surface area contributed by atoms with Crippen LogP contribution in [0.4, 0.5) is 0 Å². The van der Waals surface area contributed by atoms with Crippen molar-refractivity contribution in [2.45, 2.75) is 38.3 Å². The van der Waals surface area contributed by atoms with E-state index in [9.17, 15) is 5.11 Å². The highest BCUT2D eigenvalue weighted by Gasteiger charge is 2.38. The summed E-state index contributed by atoms with van der Waals surface area (Å²) in [6, 6.07) is 31.7.